The molecule has 3 heterocycles. The number of carbonyl (C=O) groups excluding carboxylic acids is 2. The van der Waals surface area contributed by atoms with Gasteiger partial charge in [-0.05, 0) is 59.7 Å². The molecule has 2 aromatic heterocycles. The fourth-order valence-corrected chi connectivity index (χ4v) is 4.87. The molecule has 4 aromatic rings. The average molecular weight is 605 g/mol. The van der Waals surface area contributed by atoms with Crippen LogP contribution in [0.3, 0.4) is 0 Å². The van der Waals surface area contributed by atoms with E-state index >= 15 is 0 Å². The molecule has 1 aliphatic heterocycles. The maximum atomic E-state index is 15.0. The van der Waals surface area contributed by atoms with E-state index in [1.54, 1.807) is 24.3 Å². The summed E-state index contributed by atoms with van der Waals surface area (Å²) in [5.74, 6) is -0.827. The third-order valence-electron chi connectivity index (χ3n) is 6.79. The number of halogens is 2. The van der Waals surface area contributed by atoms with Gasteiger partial charge in [-0.3, -0.25) is 10.1 Å². The summed E-state index contributed by atoms with van der Waals surface area (Å²) in [6.45, 7) is 0.645. The van der Waals surface area contributed by atoms with Gasteiger partial charge < -0.3 is 20.4 Å². The van der Waals surface area contributed by atoms with Crippen molar-refractivity contribution in [1.29, 1.82) is 5.26 Å². The lowest BCUT2D eigenvalue weighted by molar-refractivity contribution is -0.117. The topological polar surface area (TPSA) is 176 Å². The third-order valence-corrected chi connectivity index (χ3v) is 7.08. The molecule has 13 nitrogen and oxygen atoms in total. The number of amides is 2. The number of hydrogen-bond acceptors (Lipinski definition) is 9. The first-order chi connectivity index (χ1) is 20.9. The maximum absolute atomic E-state index is 15.0. The quantitative estimate of drug-likeness (QED) is 0.234. The number of nitrogens with one attached hydrogen (secondary N) is 4. The monoisotopic (exact) mass is 604 g/mol. The van der Waals surface area contributed by atoms with E-state index in [1.165, 1.54) is 36.3 Å². The molecule has 0 saturated carbocycles. The Morgan fingerprint density at radius 3 is 2.88 bits per heavy atom. The summed E-state index contributed by atoms with van der Waals surface area (Å²) in [4.78, 5) is 32.6. The highest BCUT2D eigenvalue weighted by Crippen LogP contribution is 2.34. The maximum Gasteiger partial charge on any atom is 0.411 e. The van der Waals surface area contributed by atoms with Crippen molar-refractivity contribution in [2.45, 2.75) is 31.7 Å². The van der Waals surface area contributed by atoms with E-state index < -0.39 is 23.9 Å². The number of nitriles is 1. The van der Waals surface area contributed by atoms with Crippen molar-refractivity contribution in [3.63, 3.8) is 0 Å². The number of H-pyrrole nitrogens is 1. The molecular weight excluding hydrogens is 579 g/mol. The predicted molar refractivity (Wildman–Crippen MR) is 156 cm³/mol. The van der Waals surface area contributed by atoms with Gasteiger partial charge in [0, 0.05) is 35.1 Å². The molecule has 220 valence electrons. The smallest absolute Gasteiger partial charge is 0.411 e. The van der Waals surface area contributed by atoms with Crippen LogP contribution >= 0.6 is 11.6 Å². The fraction of sp³-hybridized carbons (Fsp3) is 0.250. The van der Waals surface area contributed by atoms with Gasteiger partial charge >= 0.3 is 6.09 Å². The highest BCUT2D eigenvalue weighted by atomic mass is 35.5. The number of fused-ring (bicyclic) bond motifs is 4. The Balaban J connectivity index is 1.44. The van der Waals surface area contributed by atoms with Gasteiger partial charge in [-0.25, -0.2) is 14.2 Å². The normalized spacial score (nSPS) is 14.9. The zero-order valence-electron chi connectivity index (χ0n) is 22.9. The lowest BCUT2D eigenvalue weighted by Gasteiger charge is -2.18. The molecule has 5 rings (SSSR count). The Morgan fingerprint density at radius 2 is 2.12 bits per heavy atom. The molecule has 1 atom stereocenters. The van der Waals surface area contributed by atoms with Crippen molar-refractivity contribution >= 4 is 41.1 Å². The number of aromatic nitrogens is 6. The molecule has 2 amide bonds. The molecule has 0 saturated heterocycles. The molecule has 0 fully saturated rings. The number of carbonyl (C=O) groups is 2. The first kappa shape index (κ1) is 29.2. The van der Waals surface area contributed by atoms with Crippen LogP contribution in [-0.4, -0.2) is 55.8 Å². The molecule has 0 aliphatic carbocycles. The summed E-state index contributed by atoms with van der Waals surface area (Å²) in [5, 5.41) is 29.7. The van der Waals surface area contributed by atoms with Crippen LogP contribution in [0.4, 0.5) is 20.6 Å². The van der Waals surface area contributed by atoms with Crippen LogP contribution in [0.5, 0.6) is 0 Å². The van der Waals surface area contributed by atoms with Crippen LogP contribution in [0, 0.1) is 17.1 Å². The van der Waals surface area contributed by atoms with E-state index in [2.05, 4.69) is 52.2 Å². The zero-order valence-corrected chi connectivity index (χ0v) is 23.7. The Morgan fingerprint density at radius 1 is 1.26 bits per heavy atom. The number of ether oxygens (including phenoxy) is 1. The molecule has 43 heavy (non-hydrogen) atoms. The van der Waals surface area contributed by atoms with Gasteiger partial charge in [0.1, 0.15) is 18.2 Å². The van der Waals surface area contributed by atoms with Crippen molar-refractivity contribution in [1.82, 2.24) is 35.5 Å². The van der Waals surface area contributed by atoms with E-state index in [-0.39, 0.29) is 16.3 Å². The first-order valence-corrected chi connectivity index (χ1v) is 13.7. The summed E-state index contributed by atoms with van der Waals surface area (Å²) in [5.41, 5.74) is 2.81. The van der Waals surface area contributed by atoms with E-state index in [1.807, 2.05) is 0 Å². The van der Waals surface area contributed by atoms with Crippen LogP contribution in [0.2, 0.25) is 5.02 Å². The molecule has 4 N–H and O–H groups in total. The van der Waals surface area contributed by atoms with Gasteiger partial charge in [0.2, 0.25) is 5.91 Å². The van der Waals surface area contributed by atoms with Crippen LogP contribution in [0.1, 0.15) is 48.8 Å². The average Bonchev–Trinajstić information content (AvgIpc) is 3.69. The molecule has 2 aromatic carbocycles. The standard InChI is InChI=1S/C28H26ClFN10O3/c1-43-28(42)34-16-6-7-17-21(13-16)32-12-4-2-3-5-20(27-36-22(14-31)26(17)37-27)35-24(41)11-8-18-23(40-15-33-38-39-40)10-9-19(29)25(18)30/h6-11,13,15,20,32H,2-5,12H2,1H3,(H,34,42)(H,35,41)(H,36,37). The minimum atomic E-state index is -0.726. The Hall–Kier alpha value is -5.29. The summed E-state index contributed by atoms with van der Waals surface area (Å²) < 4.78 is 20.9. The minimum absolute atomic E-state index is 0.0332. The van der Waals surface area contributed by atoms with E-state index in [9.17, 15) is 19.2 Å². The number of rotatable bonds is 5. The highest BCUT2D eigenvalue weighted by molar-refractivity contribution is 6.31. The number of aromatic amines is 1. The second-order valence-corrected chi connectivity index (χ2v) is 9.96. The number of tetrazole rings is 1. The minimum Gasteiger partial charge on any atom is -0.453 e. The Bertz CT molecular complexity index is 1710. The largest absolute Gasteiger partial charge is 0.453 e. The number of imidazole rings is 1. The van der Waals surface area contributed by atoms with Crippen molar-refractivity contribution in [3.8, 4) is 23.0 Å². The number of anilines is 2. The van der Waals surface area contributed by atoms with Crippen molar-refractivity contribution < 1.29 is 18.7 Å². The summed E-state index contributed by atoms with van der Waals surface area (Å²) in [7, 11) is 1.28. The second kappa shape index (κ2) is 13.1. The SMILES string of the molecule is COC(=O)Nc1ccc2c(c1)NCCCCCC(NC(=O)C=Cc1c(-n3cnnn3)ccc(Cl)c1F)c1nc(C#N)c-2[nH]1. The Labute approximate surface area is 250 Å². The van der Waals surface area contributed by atoms with Gasteiger partial charge in [-0.15, -0.1) is 5.10 Å². The molecule has 0 spiro atoms. The number of hydrogen-bond donors (Lipinski definition) is 4. The Kier molecular flexibility index (Phi) is 8.92. The van der Waals surface area contributed by atoms with Gasteiger partial charge in [0.15, 0.2) is 11.5 Å². The van der Waals surface area contributed by atoms with Crippen molar-refractivity contribution in [2.75, 3.05) is 24.3 Å². The van der Waals surface area contributed by atoms with Crippen LogP contribution in [0.25, 0.3) is 23.0 Å². The number of methoxy groups -OCH3 is 1. The molecule has 1 aliphatic rings. The lowest BCUT2D eigenvalue weighted by Crippen LogP contribution is -2.28. The molecule has 0 radical (unpaired) electrons. The van der Waals surface area contributed by atoms with E-state index in [4.69, 9.17) is 11.6 Å². The van der Waals surface area contributed by atoms with E-state index in [0.29, 0.717) is 47.1 Å². The van der Waals surface area contributed by atoms with Crippen LogP contribution in [-0.2, 0) is 9.53 Å². The van der Waals surface area contributed by atoms with Crippen molar-refractivity contribution in [2.24, 2.45) is 0 Å². The molecule has 1 unspecified atom stereocenters. The van der Waals surface area contributed by atoms with Gasteiger partial charge in [0.05, 0.1) is 29.6 Å². The molecule has 15 heteroatoms. The molecular formula is C28H26ClFN10O3. The van der Waals surface area contributed by atoms with Gasteiger partial charge in [0.25, 0.3) is 0 Å². The second-order valence-electron chi connectivity index (χ2n) is 9.55. The van der Waals surface area contributed by atoms with Gasteiger partial charge in [-0.1, -0.05) is 24.4 Å². The van der Waals surface area contributed by atoms with Gasteiger partial charge in [-0.2, -0.15) is 9.94 Å². The molecule has 2 bridgehead atoms. The van der Waals surface area contributed by atoms with Crippen LogP contribution < -0.4 is 16.0 Å². The third kappa shape index (κ3) is 6.62. The van der Waals surface area contributed by atoms with Crippen molar-refractivity contribution in [3.05, 3.63) is 70.7 Å². The van der Waals surface area contributed by atoms with E-state index in [0.717, 1.165) is 19.3 Å². The number of benzene rings is 2. The predicted octanol–water partition coefficient (Wildman–Crippen LogP) is 4.75. The number of nitrogens with zero attached hydrogens (tertiary/aromatic N) is 6. The zero-order chi connectivity index (χ0) is 30.3. The summed E-state index contributed by atoms with van der Waals surface area (Å²) in [6, 6.07) is 9.69. The highest BCUT2D eigenvalue weighted by Gasteiger charge is 2.23. The fourth-order valence-electron chi connectivity index (χ4n) is 4.70. The summed E-state index contributed by atoms with van der Waals surface area (Å²) in [6.07, 6.45) is 6.20. The summed E-state index contributed by atoms with van der Waals surface area (Å²) >= 11 is 5.99. The van der Waals surface area contributed by atoms with Crippen LogP contribution in [0.15, 0.2) is 42.7 Å². The lowest BCUT2D eigenvalue weighted by atomic mass is 10.0. The first-order valence-electron chi connectivity index (χ1n) is 13.3.